The van der Waals surface area contributed by atoms with Crippen molar-refractivity contribution in [3.05, 3.63) is 30.3 Å². The van der Waals surface area contributed by atoms with Crippen molar-refractivity contribution in [3.8, 4) is 5.75 Å². The van der Waals surface area contributed by atoms with E-state index in [0.717, 1.165) is 5.75 Å². The Hall–Kier alpha value is -1.55. The number of nitrogens with one attached hydrogen (secondary N) is 1. The second-order valence-corrected chi connectivity index (χ2v) is 4.89. The molecule has 0 aliphatic carbocycles. The van der Waals surface area contributed by atoms with Crippen molar-refractivity contribution < 1.29 is 14.6 Å². The van der Waals surface area contributed by atoms with Crippen LogP contribution < -0.4 is 10.1 Å². The van der Waals surface area contributed by atoms with Crippen molar-refractivity contribution >= 4 is 5.91 Å². The van der Waals surface area contributed by atoms with Gasteiger partial charge in [-0.1, -0.05) is 25.1 Å². The topological polar surface area (TPSA) is 58.6 Å². The number of ether oxygens (including phenoxy) is 1. The summed E-state index contributed by atoms with van der Waals surface area (Å²) < 4.78 is 5.49. The van der Waals surface area contributed by atoms with Gasteiger partial charge in [-0.05, 0) is 31.9 Å². The van der Waals surface area contributed by atoms with Gasteiger partial charge in [-0.15, -0.1) is 0 Å². The average Bonchev–Trinajstić information content (AvgIpc) is 2.43. The molecule has 2 N–H and O–H groups in total. The Morgan fingerprint density at radius 2 is 2.05 bits per heavy atom. The molecule has 0 aromatic heterocycles. The number of hydrogen-bond donors (Lipinski definition) is 2. The Bertz CT molecular complexity index is 376. The smallest absolute Gasteiger partial charge is 0.220 e. The fraction of sp³-hybridized carbons (Fsp3) is 0.533. The van der Waals surface area contributed by atoms with E-state index < -0.39 is 5.60 Å². The largest absolute Gasteiger partial charge is 0.494 e. The lowest BCUT2D eigenvalue weighted by Gasteiger charge is -2.21. The molecule has 0 radical (unpaired) electrons. The molecule has 0 heterocycles. The summed E-state index contributed by atoms with van der Waals surface area (Å²) in [6.07, 6.45) is 1.69. The third-order valence-electron chi connectivity index (χ3n) is 2.99. The van der Waals surface area contributed by atoms with Crippen LogP contribution in [0.15, 0.2) is 30.3 Å². The van der Waals surface area contributed by atoms with Gasteiger partial charge in [0.15, 0.2) is 0 Å². The number of hydrogen-bond acceptors (Lipinski definition) is 3. The highest BCUT2D eigenvalue weighted by atomic mass is 16.5. The Morgan fingerprint density at radius 1 is 1.37 bits per heavy atom. The van der Waals surface area contributed by atoms with Crippen LogP contribution in [-0.4, -0.2) is 29.8 Å². The van der Waals surface area contributed by atoms with Gasteiger partial charge in [0, 0.05) is 13.0 Å². The first-order valence-electron chi connectivity index (χ1n) is 6.70. The number of para-hydroxylation sites is 1. The van der Waals surface area contributed by atoms with E-state index in [4.69, 9.17) is 4.74 Å². The molecule has 1 atom stereocenters. The van der Waals surface area contributed by atoms with Gasteiger partial charge in [0.1, 0.15) is 5.75 Å². The number of carbonyl (C=O) groups is 1. The first-order valence-corrected chi connectivity index (χ1v) is 6.70. The normalized spacial score (nSPS) is 13.6. The fourth-order valence-electron chi connectivity index (χ4n) is 1.44. The minimum Gasteiger partial charge on any atom is -0.494 e. The van der Waals surface area contributed by atoms with Crippen LogP contribution in [0.5, 0.6) is 5.75 Å². The molecule has 0 fully saturated rings. The molecule has 0 aliphatic rings. The van der Waals surface area contributed by atoms with Crippen LogP contribution in [0.1, 0.15) is 33.1 Å². The lowest BCUT2D eigenvalue weighted by Crippen LogP contribution is -2.40. The maximum atomic E-state index is 11.5. The van der Waals surface area contributed by atoms with Crippen LogP contribution in [-0.2, 0) is 4.79 Å². The van der Waals surface area contributed by atoms with E-state index >= 15 is 0 Å². The molecule has 4 nitrogen and oxygen atoms in total. The van der Waals surface area contributed by atoms with E-state index in [0.29, 0.717) is 32.4 Å². The van der Waals surface area contributed by atoms with Gasteiger partial charge in [-0.3, -0.25) is 4.79 Å². The van der Waals surface area contributed by atoms with E-state index in [1.54, 1.807) is 6.92 Å². The molecule has 1 amide bonds. The minimum absolute atomic E-state index is 0.0506. The molecule has 0 aliphatic heterocycles. The molecule has 0 spiro atoms. The van der Waals surface area contributed by atoms with Gasteiger partial charge < -0.3 is 15.2 Å². The molecule has 106 valence electrons. The van der Waals surface area contributed by atoms with Crippen LogP contribution in [0.3, 0.4) is 0 Å². The summed E-state index contributed by atoms with van der Waals surface area (Å²) in [5, 5.41) is 12.5. The van der Waals surface area contributed by atoms with Crippen molar-refractivity contribution in [1.29, 1.82) is 0 Å². The Balaban J connectivity index is 2.11. The Morgan fingerprint density at radius 3 is 2.68 bits per heavy atom. The highest BCUT2D eigenvalue weighted by molar-refractivity contribution is 5.75. The van der Waals surface area contributed by atoms with E-state index in [-0.39, 0.29) is 5.91 Å². The summed E-state index contributed by atoms with van der Waals surface area (Å²) in [5.74, 6) is 0.766. The van der Waals surface area contributed by atoms with Gasteiger partial charge >= 0.3 is 0 Å². The van der Waals surface area contributed by atoms with E-state index in [1.807, 2.05) is 37.3 Å². The van der Waals surface area contributed by atoms with Crippen LogP contribution in [0.2, 0.25) is 0 Å². The van der Waals surface area contributed by atoms with E-state index in [1.165, 1.54) is 0 Å². The molecular weight excluding hydrogens is 242 g/mol. The maximum Gasteiger partial charge on any atom is 0.220 e. The summed E-state index contributed by atoms with van der Waals surface area (Å²) in [5.41, 5.74) is -0.823. The average molecular weight is 265 g/mol. The summed E-state index contributed by atoms with van der Waals surface area (Å²) in [6.45, 7) is 4.41. The fourth-order valence-corrected chi connectivity index (χ4v) is 1.44. The molecule has 4 heteroatoms. The third-order valence-corrected chi connectivity index (χ3v) is 2.99. The van der Waals surface area contributed by atoms with Gasteiger partial charge in [0.2, 0.25) is 5.91 Å². The third kappa shape index (κ3) is 6.82. The number of rotatable bonds is 8. The Labute approximate surface area is 114 Å². The van der Waals surface area contributed by atoms with E-state index in [9.17, 15) is 9.90 Å². The quantitative estimate of drug-likeness (QED) is 0.708. The molecular formula is C15H23NO3. The van der Waals surface area contributed by atoms with Crippen molar-refractivity contribution in [1.82, 2.24) is 5.32 Å². The number of amides is 1. The lowest BCUT2D eigenvalue weighted by atomic mass is 10.0. The number of aliphatic hydroxyl groups is 1. The molecule has 1 unspecified atom stereocenters. The molecule has 0 saturated carbocycles. The second kappa shape index (κ2) is 7.79. The summed E-state index contributed by atoms with van der Waals surface area (Å²) in [6, 6.07) is 9.53. The molecule has 1 aromatic carbocycles. The van der Waals surface area contributed by atoms with Gasteiger partial charge in [-0.25, -0.2) is 0 Å². The first-order chi connectivity index (χ1) is 9.03. The monoisotopic (exact) mass is 265 g/mol. The van der Waals surface area contributed by atoms with Gasteiger partial charge in [-0.2, -0.15) is 0 Å². The van der Waals surface area contributed by atoms with Crippen LogP contribution in [0.4, 0.5) is 0 Å². The maximum absolute atomic E-state index is 11.5. The molecule has 1 rings (SSSR count). The standard InChI is InChI=1S/C15H23NO3/c1-3-15(2,18)12-16-14(17)10-7-11-19-13-8-5-4-6-9-13/h4-6,8-9,18H,3,7,10-12H2,1-2H3,(H,16,17). The lowest BCUT2D eigenvalue weighted by molar-refractivity contribution is -0.122. The highest BCUT2D eigenvalue weighted by Crippen LogP contribution is 2.09. The van der Waals surface area contributed by atoms with Crippen LogP contribution >= 0.6 is 0 Å². The zero-order chi connectivity index (χ0) is 14.1. The minimum atomic E-state index is -0.823. The van der Waals surface area contributed by atoms with Gasteiger partial charge in [0.05, 0.1) is 12.2 Å². The summed E-state index contributed by atoms with van der Waals surface area (Å²) in [4.78, 5) is 11.5. The van der Waals surface area contributed by atoms with Crippen LogP contribution in [0, 0.1) is 0 Å². The first kappa shape index (κ1) is 15.5. The second-order valence-electron chi connectivity index (χ2n) is 4.89. The molecule has 19 heavy (non-hydrogen) atoms. The zero-order valence-corrected chi connectivity index (χ0v) is 11.7. The molecule has 1 aromatic rings. The van der Waals surface area contributed by atoms with E-state index in [2.05, 4.69) is 5.32 Å². The number of carbonyl (C=O) groups excluding carboxylic acids is 1. The highest BCUT2D eigenvalue weighted by Gasteiger charge is 2.17. The van der Waals surface area contributed by atoms with Crippen molar-refractivity contribution in [3.63, 3.8) is 0 Å². The predicted molar refractivity (Wildman–Crippen MR) is 75.1 cm³/mol. The summed E-state index contributed by atoms with van der Waals surface area (Å²) in [7, 11) is 0. The van der Waals surface area contributed by atoms with Crippen LogP contribution in [0.25, 0.3) is 0 Å². The van der Waals surface area contributed by atoms with Crippen molar-refractivity contribution in [2.24, 2.45) is 0 Å². The number of benzene rings is 1. The zero-order valence-electron chi connectivity index (χ0n) is 11.7. The molecule has 0 bridgehead atoms. The van der Waals surface area contributed by atoms with Gasteiger partial charge in [0.25, 0.3) is 0 Å². The molecule has 0 saturated heterocycles. The SMILES string of the molecule is CCC(C)(O)CNC(=O)CCCOc1ccccc1. The Kier molecular flexibility index (Phi) is 6.36. The van der Waals surface area contributed by atoms with Crippen molar-refractivity contribution in [2.45, 2.75) is 38.7 Å². The van der Waals surface area contributed by atoms with Crippen molar-refractivity contribution in [2.75, 3.05) is 13.2 Å². The predicted octanol–water partition coefficient (Wildman–Crippen LogP) is 2.12. The summed E-state index contributed by atoms with van der Waals surface area (Å²) >= 11 is 0.